The summed E-state index contributed by atoms with van der Waals surface area (Å²) in [6, 6.07) is 5.92. The Morgan fingerprint density at radius 3 is 2.93 bits per heavy atom. The van der Waals surface area contributed by atoms with Crippen LogP contribution in [0.2, 0.25) is 5.02 Å². The molecule has 0 spiro atoms. The van der Waals surface area contributed by atoms with Gasteiger partial charge >= 0.3 is 0 Å². The molecule has 82 valence electrons. The van der Waals surface area contributed by atoms with Crippen LogP contribution in [0.15, 0.2) is 18.2 Å². The summed E-state index contributed by atoms with van der Waals surface area (Å²) in [5.74, 6) is 0. The topological polar surface area (TPSA) is 23.5 Å². The number of aryl methyl sites for hydroxylation is 1. The number of aliphatic hydroxyl groups excluding tert-OH is 1. The fourth-order valence-corrected chi connectivity index (χ4v) is 2.37. The fraction of sp³-hybridized carbons (Fsp3) is 0.500. The van der Waals surface area contributed by atoms with Crippen molar-refractivity contribution < 1.29 is 5.11 Å². The molecule has 0 aliphatic carbocycles. The molecule has 1 heterocycles. The summed E-state index contributed by atoms with van der Waals surface area (Å²) in [6.07, 6.45) is 1.79. The predicted molar refractivity (Wildman–Crippen MR) is 63.6 cm³/mol. The first-order chi connectivity index (χ1) is 7.16. The number of nitrogens with zero attached hydrogens (tertiary/aromatic N) is 1. The Balaban J connectivity index is 2.21. The van der Waals surface area contributed by atoms with Gasteiger partial charge < -0.3 is 10.0 Å². The van der Waals surface area contributed by atoms with Crippen LogP contribution in [-0.4, -0.2) is 24.3 Å². The number of rotatable bonds is 1. The van der Waals surface area contributed by atoms with Crippen LogP contribution in [0.1, 0.15) is 18.4 Å². The highest BCUT2D eigenvalue weighted by Gasteiger charge is 2.18. The molecule has 0 aromatic heterocycles. The van der Waals surface area contributed by atoms with Gasteiger partial charge in [0.2, 0.25) is 0 Å². The van der Waals surface area contributed by atoms with E-state index in [9.17, 15) is 5.11 Å². The van der Waals surface area contributed by atoms with Crippen LogP contribution in [0.4, 0.5) is 5.69 Å². The number of benzene rings is 1. The smallest absolute Gasteiger partial charge is 0.0715 e. The number of hydrogen-bond acceptors (Lipinski definition) is 2. The van der Waals surface area contributed by atoms with Gasteiger partial charge in [0, 0.05) is 23.8 Å². The molecule has 1 aromatic rings. The molecule has 1 atom stereocenters. The molecular weight excluding hydrogens is 210 g/mol. The van der Waals surface area contributed by atoms with Gasteiger partial charge in [0.15, 0.2) is 0 Å². The first-order valence-electron chi connectivity index (χ1n) is 5.36. The molecule has 0 amide bonds. The Bertz CT molecular complexity index is 353. The average Bonchev–Trinajstić information content (AvgIpc) is 2.17. The summed E-state index contributed by atoms with van der Waals surface area (Å²) < 4.78 is 0. The van der Waals surface area contributed by atoms with E-state index in [0.29, 0.717) is 0 Å². The normalized spacial score (nSPS) is 21.8. The Kier molecular flexibility index (Phi) is 3.17. The number of aliphatic hydroxyl groups is 1. The molecule has 0 radical (unpaired) electrons. The minimum absolute atomic E-state index is 0.186. The van der Waals surface area contributed by atoms with Gasteiger partial charge in [-0.2, -0.15) is 0 Å². The first kappa shape index (κ1) is 10.8. The lowest BCUT2D eigenvalue weighted by molar-refractivity contribution is 0.154. The van der Waals surface area contributed by atoms with Gasteiger partial charge in [-0.1, -0.05) is 11.6 Å². The van der Waals surface area contributed by atoms with Crippen molar-refractivity contribution in [3.8, 4) is 0 Å². The highest BCUT2D eigenvalue weighted by Crippen LogP contribution is 2.26. The van der Waals surface area contributed by atoms with Crippen molar-refractivity contribution >= 4 is 17.3 Å². The Morgan fingerprint density at radius 1 is 1.47 bits per heavy atom. The zero-order valence-electron chi connectivity index (χ0n) is 8.91. The quantitative estimate of drug-likeness (QED) is 0.794. The minimum atomic E-state index is -0.186. The third-order valence-electron chi connectivity index (χ3n) is 2.90. The standard InChI is InChI=1S/C12H16ClNO/c1-9-7-10(13)4-5-12(9)14-6-2-3-11(15)8-14/h4-5,7,11,15H,2-3,6,8H2,1H3. The van der Waals surface area contributed by atoms with Crippen molar-refractivity contribution in [3.63, 3.8) is 0 Å². The van der Waals surface area contributed by atoms with Crippen molar-refractivity contribution in [3.05, 3.63) is 28.8 Å². The van der Waals surface area contributed by atoms with E-state index in [0.717, 1.165) is 31.0 Å². The zero-order valence-corrected chi connectivity index (χ0v) is 9.67. The second-order valence-electron chi connectivity index (χ2n) is 4.17. The highest BCUT2D eigenvalue weighted by atomic mass is 35.5. The molecule has 1 aromatic carbocycles. The van der Waals surface area contributed by atoms with Crippen LogP contribution in [0.5, 0.6) is 0 Å². The van der Waals surface area contributed by atoms with Crippen molar-refractivity contribution in [2.45, 2.75) is 25.9 Å². The third kappa shape index (κ3) is 2.44. The van der Waals surface area contributed by atoms with E-state index in [1.807, 2.05) is 18.2 Å². The van der Waals surface area contributed by atoms with E-state index >= 15 is 0 Å². The maximum atomic E-state index is 9.62. The highest BCUT2D eigenvalue weighted by molar-refractivity contribution is 6.30. The second-order valence-corrected chi connectivity index (χ2v) is 4.61. The predicted octanol–water partition coefficient (Wildman–Crippen LogP) is 2.61. The number of halogens is 1. The number of piperidine rings is 1. The number of β-amino-alcohol motifs (C(OH)–C–C–N with tert-alkyl or cyclic N) is 1. The maximum Gasteiger partial charge on any atom is 0.0715 e. The molecule has 1 saturated heterocycles. The molecule has 1 aliphatic rings. The van der Waals surface area contributed by atoms with Crippen LogP contribution in [0.25, 0.3) is 0 Å². The van der Waals surface area contributed by atoms with Crippen molar-refractivity contribution in [2.24, 2.45) is 0 Å². The second kappa shape index (κ2) is 4.42. The molecule has 2 nitrogen and oxygen atoms in total. The molecule has 1 fully saturated rings. The molecular formula is C12H16ClNO. The van der Waals surface area contributed by atoms with Gasteiger partial charge in [0.25, 0.3) is 0 Å². The zero-order chi connectivity index (χ0) is 10.8. The number of anilines is 1. The molecule has 2 rings (SSSR count). The van der Waals surface area contributed by atoms with E-state index < -0.39 is 0 Å². The van der Waals surface area contributed by atoms with Gasteiger partial charge in [0.1, 0.15) is 0 Å². The summed E-state index contributed by atoms with van der Waals surface area (Å²) in [7, 11) is 0. The van der Waals surface area contributed by atoms with Gasteiger partial charge in [0.05, 0.1) is 6.10 Å². The fourth-order valence-electron chi connectivity index (χ4n) is 2.15. The Morgan fingerprint density at radius 2 is 2.27 bits per heavy atom. The van der Waals surface area contributed by atoms with Crippen LogP contribution in [0.3, 0.4) is 0 Å². The van der Waals surface area contributed by atoms with Crippen LogP contribution in [0, 0.1) is 6.92 Å². The van der Waals surface area contributed by atoms with E-state index in [4.69, 9.17) is 11.6 Å². The molecule has 0 bridgehead atoms. The third-order valence-corrected chi connectivity index (χ3v) is 3.13. The molecule has 1 N–H and O–H groups in total. The van der Waals surface area contributed by atoms with Crippen molar-refractivity contribution in [2.75, 3.05) is 18.0 Å². The van der Waals surface area contributed by atoms with Crippen molar-refractivity contribution in [1.29, 1.82) is 0 Å². The Labute approximate surface area is 95.5 Å². The van der Waals surface area contributed by atoms with E-state index in [-0.39, 0.29) is 6.10 Å². The van der Waals surface area contributed by atoms with Gasteiger partial charge in [-0.3, -0.25) is 0 Å². The monoisotopic (exact) mass is 225 g/mol. The lowest BCUT2D eigenvalue weighted by Gasteiger charge is -2.33. The summed E-state index contributed by atoms with van der Waals surface area (Å²) in [6.45, 7) is 3.82. The Hall–Kier alpha value is -0.730. The number of hydrogen-bond donors (Lipinski definition) is 1. The van der Waals surface area contributed by atoms with E-state index in [1.54, 1.807) is 0 Å². The van der Waals surface area contributed by atoms with Gasteiger partial charge in [-0.15, -0.1) is 0 Å². The van der Waals surface area contributed by atoms with Crippen LogP contribution < -0.4 is 4.90 Å². The lowest BCUT2D eigenvalue weighted by atomic mass is 10.1. The minimum Gasteiger partial charge on any atom is -0.391 e. The molecule has 3 heteroatoms. The summed E-state index contributed by atoms with van der Waals surface area (Å²) in [5, 5.41) is 10.4. The summed E-state index contributed by atoms with van der Waals surface area (Å²) >= 11 is 5.92. The average molecular weight is 226 g/mol. The molecule has 1 aliphatic heterocycles. The van der Waals surface area contributed by atoms with Gasteiger partial charge in [-0.25, -0.2) is 0 Å². The van der Waals surface area contributed by atoms with E-state index in [1.165, 1.54) is 11.3 Å². The maximum absolute atomic E-state index is 9.62. The largest absolute Gasteiger partial charge is 0.391 e. The van der Waals surface area contributed by atoms with Crippen LogP contribution in [-0.2, 0) is 0 Å². The van der Waals surface area contributed by atoms with E-state index in [2.05, 4.69) is 11.8 Å². The van der Waals surface area contributed by atoms with Gasteiger partial charge in [-0.05, 0) is 43.5 Å². The lowest BCUT2D eigenvalue weighted by Crippen LogP contribution is -2.38. The SMILES string of the molecule is Cc1cc(Cl)ccc1N1CCCC(O)C1. The molecule has 0 saturated carbocycles. The summed E-state index contributed by atoms with van der Waals surface area (Å²) in [4.78, 5) is 2.24. The van der Waals surface area contributed by atoms with Crippen molar-refractivity contribution in [1.82, 2.24) is 0 Å². The van der Waals surface area contributed by atoms with Crippen LogP contribution >= 0.6 is 11.6 Å². The molecule has 15 heavy (non-hydrogen) atoms. The first-order valence-corrected chi connectivity index (χ1v) is 5.74. The molecule has 1 unspecified atom stereocenters. The summed E-state index contributed by atoms with van der Waals surface area (Å²) in [5.41, 5.74) is 2.37.